The number of hydrazone groups is 1. The van der Waals surface area contributed by atoms with Gasteiger partial charge in [-0.25, -0.2) is 5.43 Å². The molecule has 7 nitrogen and oxygen atoms in total. The number of benzene rings is 3. The van der Waals surface area contributed by atoms with Crippen molar-refractivity contribution in [2.45, 2.75) is 0 Å². The van der Waals surface area contributed by atoms with E-state index in [0.29, 0.717) is 10.9 Å². The molecular formula is C18H14N2O5. The summed E-state index contributed by atoms with van der Waals surface area (Å²) in [4.78, 5) is 12.0. The summed E-state index contributed by atoms with van der Waals surface area (Å²) in [6, 6.07) is 12.7. The number of nitrogens with zero attached hydrogens (tertiary/aromatic N) is 1. The minimum absolute atomic E-state index is 0.0380. The van der Waals surface area contributed by atoms with Crippen LogP contribution in [0.3, 0.4) is 0 Å². The van der Waals surface area contributed by atoms with Gasteiger partial charge in [-0.3, -0.25) is 4.79 Å². The molecule has 0 aromatic heterocycles. The number of aromatic hydroxyl groups is 4. The Kier molecular flexibility index (Phi) is 4.13. The summed E-state index contributed by atoms with van der Waals surface area (Å²) in [5.74, 6) is -2.62. The van der Waals surface area contributed by atoms with E-state index < -0.39 is 23.2 Å². The standard InChI is InChI=1S/C18H14N2O5/c21-14-7-12(8-15(22)17(14)24)18(25)20-19-9-11-6-5-10-3-1-2-4-13(10)16(11)23/h1-9,21-24H,(H,20,25). The van der Waals surface area contributed by atoms with Crippen LogP contribution in [0, 0.1) is 0 Å². The zero-order chi connectivity index (χ0) is 18.0. The molecule has 0 unspecified atom stereocenters. The number of amides is 1. The van der Waals surface area contributed by atoms with E-state index in [1.807, 2.05) is 18.2 Å². The molecule has 3 aromatic carbocycles. The number of carbonyl (C=O) groups excluding carboxylic acids is 1. The maximum Gasteiger partial charge on any atom is 0.271 e. The minimum Gasteiger partial charge on any atom is -0.507 e. The number of hydrogen-bond donors (Lipinski definition) is 5. The van der Waals surface area contributed by atoms with E-state index in [2.05, 4.69) is 10.5 Å². The van der Waals surface area contributed by atoms with E-state index in [1.165, 1.54) is 6.21 Å². The molecule has 126 valence electrons. The van der Waals surface area contributed by atoms with Crippen LogP contribution in [-0.4, -0.2) is 32.5 Å². The smallest absolute Gasteiger partial charge is 0.271 e. The number of hydrogen-bond acceptors (Lipinski definition) is 6. The summed E-state index contributed by atoms with van der Waals surface area (Å²) in [7, 11) is 0. The second-order valence-electron chi connectivity index (χ2n) is 5.29. The summed E-state index contributed by atoms with van der Waals surface area (Å²) >= 11 is 0. The Morgan fingerprint density at radius 1 is 0.920 bits per heavy atom. The van der Waals surface area contributed by atoms with Crippen LogP contribution in [0.25, 0.3) is 10.8 Å². The summed E-state index contributed by atoms with van der Waals surface area (Å²) in [5.41, 5.74) is 2.53. The first-order valence-electron chi connectivity index (χ1n) is 7.26. The SMILES string of the molecule is O=C(NN=Cc1ccc2ccccc2c1O)c1cc(O)c(O)c(O)c1. The number of phenols is 4. The van der Waals surface area contributed by atoms with Gasteiger partial charge in [0.05, 0.1) is 6.21 Å². The fraction of sp³-hybridized carbons (Fsp3) is 0. The van der Waals surface area contributed by atoms with Gasteiger partial charge in [-0.15, -0.1) is 0 Å². The zero-order valence-electron chi connectivity index (χ0n) is 12.8. The van der Waals surface area contributed by atoms with Crippen molar-refractivity contribution in [2.75, 3.05) is 0 Å². The quantitative estimate of drug-likeness (QED) is 0.285. The van der Waals surface area contributed by atoms with Gasteiger partial charge in [0.2, 0.25) is 0 Å². The molecule has 7 heteroatoms. The molecule has 0 aliphatic rings. The van der Waals surface area contributed by atoms with Gasteiger partial charge in [-0.2, -0.15) is 5.10 Å². The Hall–Kier alpha value is -3.74. The van der Waals surface area contributed by atoms with Gasteiger partial charge in [0.1, 0.15) is 5.75 Å². The van der Waals surface area contributed by atoms with Crippen LogP contribution >= 0.6 is 0 Å². The molecule has 3 rings (SSSR count). The largest absolute Gasteiger partial charge is 0.507 e. The minimum atomic E-state index is -0.707. The molecule has 0 saturated carbocycles. The van der Waals surface area contributed by atoms with Gasteiger partial charge in [0, 0.05) is 16.5 Å². The number of nitrogens with one attached hydrogen (secondary N) is 1. The highest BCUT2D eigenvalue weighted by atomic mass is 16.3. The molecule has 0 aliphatic carbocycles. The van der Waals surface area contributed by atoms with Gasteiger partial charge >= 0.3 is 0 Å². The molecule has 3 aromatic rings. The van der Waals surface area contributed by atoms with Crippen LogP contribution in [0.1, 0.15) is 15.9 Å². The van der Waals surface area contributed by atoms with Crippen molar-refractivity contribution in [1.82, 2.24) is 5.43 Å². The van der Waals surface area contributed by atoms with Crippen LogP contribution in [0.5, 0.6) is 23.0 Å². The Labute approximate surface area is 142 Å². The van der Waals surface area contributed by atoms with Gasteiger partial charge in [0.15, 0.2) is 17.2 Å². The Balaban J connectivity index is 1.79. The molecule has 0 spiro atoms. The Bertz CT molecular complexity index is 975. The van der Waals surface area contributed by atoms with Gasteiger partial charge < -0.3 is 20.4 Å². The first-order chi connectivity index (χ1) is 12.0. The fourth-order valence-corrected chi connectivity index (χ4v) is 2.34. The van der Waals surface area contributed by atoms with Gasteiger partial charge in [0.25, 0.3) is 5.91 Å². The van der Waals surface area contributed by atoms with E-state index in [-0.39, 0.29) is 11.3 Å². The number of rotatable bonds is 3. The van der Waals surface area contributed by atoms with Crippen LogP contribution in [-0.2, 0) is 0 Å². The summed E-state index contributed by atoms with van der Waals surface area (Å²) in [6.45, 7) is 0. The molecule has 0 heterocycles. The van der Waals surface area contributed by atoms with Crippen molar-refractivity contribution in [3.8, 4) is 23.0 Å². The molecule has 0 bridgehead atoms. The van der Waals surface area contributed by atoms with Crippen molar-refractivity contribution in [3.63, 3.8) is 0 Å². The third-order valence-electron chi connectivity index (χ3n) is 3.63. The lowest BCUT2D eigenvalue weighted by Gasteiger charge is -2.05. The lowest BCUT2D eigenvalue weighted by molar-refractivity contribution is 0.0954. The number of fused-ring (bicyclic) bond motifs is 1. The van der Waals surface area contributed by atoms with Crippen molar-refractivity contribution < 1.29 is 25.2 Å². The molecule has 0 radical (unpaired) electrons. The number of carbonyl (C=O) groups is 1. The van der Waals surface area contributed by atoms with E-state index in [1.54, 1.807) is 18.2 Å². The zero-order valence-corrected chi connectivity index (χ0v) is 12.8. The average molecular weight is 338 g/mol. The summed E-state index contributed by atoms with van der Waals surface area (Å²) in [6.07, 6.45) is 1.28. The van der Waals surface area contributed by atoms with Gasteiger partial charge in [-0.05, 0) is 23.6 Å². The van der Waals surface area contributed by atoms with Crippen molar-refractivity contribution in [1.29, 1.82) is 0 Å². The molecule has 1 amide bonds. The van der Waals surface area contributed by atoms with E-state index in [0.717, 1.165) is 17.5 Å². The number of phenolic OH excluding ortho intramolecular Hbond substituents is 4. The molecule has 0 saturated heterocycles. The van der Waals surface area contributed by atoms with E-state index in [9.17, 15) is 25.2 Å². The van der Waals surface area contributed by atoms with Crippen LogP contribution < -0.4 is 5.43 Å². The molecule has 0 fully saturated rings. The topological polar surface area (TPSA) is 122 Å². The predicted octanol–water partition coefficient (Wildman–Crippen LogP) is 2.43. The van der Waals surface area contributed by atoms with E-state index in [4.69, 9.17) is 0 Å². The van der Waals surface area contributed by atoms with E-state index >= 15 is 0 Å². The predicted molar refractivity (Wildman–Crippen MR) is 92.1 cm³/mol. The van der Waals surface area contributed by atoms with Crippen LogP contribution in [0.15, 0.2) is 53.6 Å². The molecule has 0 atom stereocenters. The Morgan fingerprint density at radius 2 is 1.60 bits per heavy atom. The normalized spacial score (nSPS) is 11.0. The van der Waals surface area contributed by atoms with Crippen LogP contribution in [0.2, 0.25) is 0 Å². The average Bonchev–Trinajstić information content (AvgIpc) is 2.61. The second-order valence-corrected chi connectivity index (χ2v) is 5.29. The molecule has 5 N–H and O–H groups in total. The van der Waals surface area contributed by atoms with Crippen molar-refractivity contribution >= 4 is 22.9 Å². The highest BCUT2D eigenvalue weighted by molar-refractivity contribution is 5.99. The van der Waals surface area contributed by atoms with Crippen molar-refractivity contribution in [3.05, 3.63) is 59.7 Å². The van der Waals surface area contributed by atoms with Gasteiger partial charge in [-0.1, -0.05) is 30.3 Å². The fourth-order valence-electron chi connectivity index (χ4n) is 2.34. The first kappa shape index (κ1) is 16.1. The maximum atomic E-state index is 12.0. The Morgan fingerprint density at radius 3 is 2.32 bits per heavy atom. The summed E-state index contributed by atoms with van der Waals surface area (Å²) < 4.78 is 0. The summed E-state index contributed by atoms with van der Waals surface area (Å²) in [5, 5.41) is 43.6. The lowest BCUT2D eigenvalue weighted by Crippen LogP contribution is -2.17. The third-order valence-corrected chi connectivity index (χ3v) is 3.63. The first-order valence-corrected chi connectivity index (χ1v) is 7.26. The molecular weight excluding hydrogens is 324 g/mol. The van der Waals surface area contributed by atoms with Crippen LogP contribution in [0.4, 0.5) is 0 Å². The highest BCUT2D eigenvalue weighted by Crippen LogP contribution is 2.35. The molecule has 25 heavy (non-hydrogen) atoms. The second kappa shape index (κ2) is 6.40. The lowest BCUT2D eigenvalue weighted by atomic mass is 10.1. The third kappa shape index (κ3) is 3.16. The monoisotopic (exact) mass is 338 g/mol. The highest BCUT2D eigenvalue weighted by Gasteiger charge is 2.13. The maximum absolute atomic E-state index is 12.0. The molecule has 0 aliphatic heterocycles. The van der Waals surface area contributed by atoms with Crippen molar-refractivity contribution in [2.24, 2.45) is 5.10 Å².